The zero-order valence-corrected chi connectivity index (χ0v) is 15.0. The third kappa shape index (κ3) is 2.73. The van der Waals surface area contributed by atoms with Crippen molar-refractivity contribution in [3.05, 3.63) is 40.8 Å². The highest BCUT2D eigenvalue weighted by molar-refractivity contribution is 7.20. The molecule has 22 heavy (non-hydrogen) atoms. The first-order valence-electron chi connectivity index (χ1n) is 8.09. The van der Waals surface area contributed by atoms with Crippen molar-refractivity contribution in [2.45, 2.75) is 25.7 Å². The number of halogens is 1. The van der Waals surface area contributed by atoms with Crippen LogP contribution in [0.15, 0.2) is 35.9 Å². The second-order valence-electron chi connectivity index (χ2n) is 6.87. The fourth-order valence-electron chi connectivity index (χ4n) is 4.24. The summed E-state index contributed by atoms with van der Waals surface area (Å²) in [6.07, 6.45) is 5.65. The van der Waals surface area contributed by atoms with Crippen LogP contribution in [-0.4, -0.2) is 25.5 Å². The number of rotatable bonds is 3. The maximum Gasteiger partial charge on any atom is 0.0349 e. The highest BCUT2D eigenvalue weighted by atomic mass is 35.5. The Morgan fingerprint density at radius 3 is 2.41 bits per heavy atom. The van der Waals surface area contributed by atoms with Crippen LogP contribution in [0.1, 0.15) is 30.6 Å². The number of benzene rings is 1. The molecule has 0 radical (unpaired) electrons. The molecule has 0 amide bonds. The Labute approximate surface area is 143 Å². The Balaban J connectivity index is 0.00000144. The molecule has 0 spiro atoms. The molecule has 0 unspecified atom stereocenters. The minimum Gasteiger partial charge on any atom is -0.305 e. The maximum absolute atomic E-state index is 2.44. The molecule has 0 saturated heterocycles. The first kappa shape index (κ1) is 16.0. The molecule has 1 aromatic carbocycles. The van der Waals surface area contributed by atoms with E-state index in [1.54, 1.807) is 16.0 Å². The maximum atomic E-state index is 2.44. The molecular weight excluding hydrogens is 310 g/mol. The fourth-order valence-corrected chi connectivity index (χ4v) is 5.46. The van der Waals surface area contributed by atoms with Crippen molar-refractivity contribution in [2.24, 2.45) is 11.8 Å². The van der Waals surface area contributed by atoms with E-state index in [1.807, 2.05) is 11.3 Å². The third-order valence-electron chi connectivity index (χ3n) is 5.15. The molecule has 5 rings (SSSR count). The van der Waals surface area contributed by atoms with E-state index in [0.29, 0.717) is 0 Å². The van der Waals surface area contributed by atoms with Crippen molar-refractivity contribution in [3.8, 4) is 0 Å². The number of fused-ring (bicyclic) bond motifs is 3. The van der Waals surface area contributed by atoms with Crippen LogP contribution >= 0.6 is 23.7 Å². The highest BCUT2D eigenvalue weighted by Crippen LogP contribution is 2.51. The number of hydrogen-bond acceptors (Lipinski definition) is 2. The summed E-state index contributed by atoms with van der Waals surface area (Å²) in [5.41, 5.74) is 3.46. The Morgan fingerprint density at radius 2 is 1.73 bits per heavy atom. The smallest absolute Gasteiger partial charge is 0.0349 e. The lowest BCUT2D eigenvalue weighted by molar-refractivity contribution is 0.300. The summed E-state index contributed by atoms with van der Waals surface area (Å²) in [5, 5.41) is 1.41. The van der Waals surface area contributed by atoms with Gasteiger partial charge in [0.25, 0.3) is 0 Å². The number of nitrogens with zero attached hydrogens (tertiary/aromatic N) is 1. The van der Waals surface area contributed by atoms with Gasteiger partial charge in [-0.3, -0.25) is 0 Å². The quantitative estimate of drug-likeness (QED) is 0.721. The van der Waals surface area contributed by atoms with Gasteiger partial charge in [0.1, 0.15) is 0 Å². The van der Waals surface area contributed by atoms with E-state index in [1.165, 1.54) is 35.8 Å². The SMILES string of the molecule is CN(C)CC1=C(c2cc3ccccc3s2)C2CCC1CC2.Cl. The predicted octanol–water partition coefficient (Wildman–Crippen LogP) is 5.46. The Bertz CT molecular complexity index is 659. The average Bonchev–Trinajstić information content (AvgIpc) is 2.91. The first-order valence-corrected chi connectivity index (χ1v) is 8.90. The third-order valence-corrected chi connectivity index (χ3v) is 6.30. The van der Waals surface area contributed by atoms with Gasteiger partial charge in [-0.1, -0.05) is 18.2 Å². The van der Waals surface area contributed by atoms with E-state index in [2.05, 4.69) is 49.3 Å². The van der Waals surface area contributed by atoms with E-state index in [4.69, 9.17) is 0 Å². The molecule has 1 nitrogen and oxygen atoms in total. The highest BCUT2D eigenvalue weighted by Gasteiger charge is 2.36. The molecule has 3 heteroatoms. The molecule has 2 bridgehead atoms. The van der Waals surface area contributed by atoms with Crippen molar-refractivity contribution in [2.75, 3.05) is 20.6 Å². The normalized spacial score (nSPS) is 24.1. The molecule has 0 N–H and O–H groups in total. The molecule has 1 saturated carbocycles. The summed E-state index contributed by atoms with van der Waals surface area (Å²) in [6.45, 7) is 1.14. The second kappa shape index (κ2) is 6.35. The van der Waals surface area contributed by atoms with E-state index in [0.717, 1.165) is 18.4 Å². The minimum atomic E-state index is 0. The van der Waals surface area contributed by atoms with Gasteiger partial charge in [0.2, 0.25) is 0 Å². The van der Waals surface area contributed by atoms with Crippen LogP contribution in [-0.2, 0) is 0 Å². The summed E-state index contributed by atoms with van der Waals surface area (Å²) in [4.78, 5) is 3.89. The van der Waals surface area contributed by atoms with Gasteiger partial charge in [-0.05, 0) is 80.3 Å². The lowest BCUT2D eigenvalue weighted by Crippen LogP contribution is -2.30. The van der Waals surface area contributed by atoms with Crippen LogP contribution in [0.5, 0.6) is 0 Å². The van der Waals surface area contributed by atoms with Gasteiger partial charge in [-0.25, -0.2) is 0 Å². The molecule has 0 aliphatic heterocycles. The van der Waals surface area contributed by atoms with Crippen molar-refractivity contribution >= 4 is 39.4 Å². The molecule has 118 valence electrons. The molecule has 1 heterocycles. The van der Waals surface area contributed by atoms with Crippen molar-refractivity contribution in [3.63, 3.8) is 0 Å². The topological polar surface area (TPSA) is 3.24 Å². The van der Waals surface area contributed by atoms with Crippen LogP contribution in [0.4, 0.5) is 0 Å². The second-order valence-corrected chi connectivity index (χ2v) is 7.96. The lowest BCUT2D eigenvalue weighted by atomic mass is 9.66. The average molecular weight is 334 g/mol. The largest absolute Gasteiger partial charge is 0.305 e. The monoisotopic (exact) mass is 333 g/mol. The van der Waals surface area contributed by atoms with Crippen LogP contribution in [0.2, 0.25) is 0 Å². The summed E-state index contributed by atoms with van der Waals surface area (Å²) >= 11 is 2.00. The fraction of sp³-hybridized carbons (Fsp3) is 0.474. The first-order chi connectivity index (χ1) is 10.2. The van der Waals surface area contributed by atoms with E-state index >= 15 is 0 Å². The summed E-state index contributed by atoms with van der Waals surface area (Å²) in [5.74, 6) is 1.66. The predicted molar refractivity (Wildman–Crippen MR) is 100.0 cm³/mol. The van der Waals surface area contributed by atoms with E-state index in [9.17, 15) is 0 Å². The van der Waals surface area contributed by atoms with Crippen LogP contribution < -0.4 is 0 Å². The summed E-state index contributed by atoms with van der Waals surface area (Å²) < 4.78 is 1.44. The molecule has 0 atom stereocenters. The van der Waals surface area contributed by atoms with E-state index < -0.39 is 0 Å². The molecule has 3 aliphatic carbocycles. The van der Waals surface area contributed by atoms with Crippen molar-refractivity contribution in [1.82, 2.24) is 4.90 Å². The summed E-state index contributed by atoms with van der Waals surface area (Å²) in [7, 11) is 4.41. The molecule has 2 aromatic rings. The number of hydrogen-bond donors (Lipinski definition) is 0. The lowest BCUT2D eigenvalue weighted by Gasteiger charge is -2.41. The molecular formula is C19H24ClNS. The van der Waals surface area contributed by atoms with Gasteiger partial charge in [0, 0.05) is 16.1 Å². The Hall–Kier alpha value is -0.830. The molecule has 1 fully saturated rings. The van der Waals surface area contributed by atoms with Crippen LogP contribution in [0.3, 0.4) is 0 Å². The molecule has 1 aromatic heterocycles. The van der Waals surface area contributed by atoms with Gasteiger partial charge in [-0.15, -0.1) is 23.7 Å². The van der Waals surface area contributed by atoms with Gasteiger partial charge >= 0.3 is 0 Å². The van der Waals surface area contributed by atoms with Crippen LogP contribution in [0, 0.1) is 11.8 Å². The van der Waals surface area contributed by atoms with Crippen molar-refractivity contribution < 1.29 is 0 Å². The van der Waals surface area contributed by atoms with Gasteiger partial charge in [-0.2, -0.15) is 0 Å². The summed E-state index contributed by atoms with van der Waals surface area (Å²) in [6, 6.07) is 11.3. The number of allylic oxidation sites excluding steroid dienone is 1. The van der Waals surface area contributed by atoms with Crippen molar-refractivity contribution in [1.29, 1.82) is 0 Å². The van der Waals surface area contributed by atoms with Gasteiger partial charge in [0.05, 0.1) is 0 Å². The molecule has 3 aliphatic rings. The number of likely N-dealkylation sites (N-methyl/N-ethyl adjacent to an activating group) is 1. The zero-order chi connectivity index (χ0) is 14.4. The standard InChI is InChI=1S/C19H23NS.ClH/c1-20(2)12-16-13-7-9-14(10-8-13)19(16)18-11-15-5-3-4-6-17(15)21-18;/h3-6,11,13-14H,7-10,12H2,1-2H3;1H. The zero-order valence-electron chi connectivity index (χ0n) is 13.3. The van der Waals surface area contributed by atoms with Gasteiger partial charge in [0.15, 0.2) is 0 Å². The van der Waals surface area contributed by atoms with E-state index in [-0.39, 0.29) is 12.4 Å². The Morgan fingerprint density at radius 1 is 1.05 bits per heavy atom. The minimum absolute atomic E-state index is 0. The van der Waals surface area contributed by atoms with Gasteiger partial charge < -0.3 is 4.90 Å². The Kier molecular flexibility index (Phi) is 4.63. The number of thiophene rings is 1. The van der Waals surface area contributed by atoms with Crippen LogP contribution in [0.25, 0.3) is 15.7 Å².